The van der Waals surface area contributed by atoms with E-state index in [-0.39, 0.29) is 33.7 Å². The van der Waals surface area contributed by atoms with Gasteiger partial charge in [0, 0.05) is 18.7 Å². The van der Waals surface area contributed by atoms with Gasteiger partial charge in [0.1, 0.15) is 0 Å². The molecule has 0 fully saturated rings. The highest BCUT2D eigenvalue weighted by atomic mass is 35.5. The van der Waals surface area contributed by atoms with E-state index in [0.717, 1.165) is 11.3 Å². The van der Waals surface area contributed by atoms with Gasteiger partial charge in [0.25, 0.3) is 10.0 Å². The van der Waals surface area contributed by atoms with Crippen molar-refractivity contribution in [2.45, 2.75) is 31.6 Å². The van der Waals surface area contributed by atoms with Crippen molar-refractivity contribution in [3.8, 4) is 0 Å². The molecule has 1 heterocycles. The number of rotatable bonds is 6. The Morgan fingerprint density at radius 3 is 2.59 bits per heavy atom. The van der Waals surface area contributed by atoms with Gasteiger partial charge in [-0.15, -0.1) is 0 Å². The number of nitrogens with zero attached hydrogens (tertiary/aromatic N) is 1. The van der Waals surface area contributed by atoms with Crippen molar-refractivity contribution in [3.63, 3.8) is 0 Å². The Morgan fingerprint density at radius 1 is 1.17 bits per heavy atom. The number of nitrogens with one attached hydrogen (secondary N) is 1. The predicted octanol–water partition coefficient (Wildman–Crippen LogP) is 3.62. The van der Waals surface area contributed by atoms with Crippen molar-refractivity contribution in [1.82, 2.24) is 0 Å². The molecule has 0 aliphatic carbocycles. The highest BCUT2D eigenvalue weighted by molar-refractivity contribution is 7.92. The maximum atomic E-state index is 12.8. The highest BCUT2D eigenvalue weighted by Gasteiger charge is 2.26. The Kier molecular flexibility index (Phi) is 6.14. The Morgan fingerprint density at radius 2 is 1.93 bits per heavy atom. The van der Waals surface area contributed by atoms with Crippen molar-refractivity contribution in [2.24, 2.45) is 0 Å². The smallest absolute Gasteiger partial charge is 0.339 e. The quantitative estimate of drug-likeness (QED) is 0.698. The Balaban J connectivity index is 1.83. The van der Waals surface area contributed by atoms with Crippen LogP contribution in [0.3, 0.4) is 0 Å². The zero-order valence-corrected chi connectivity index (χ0v) is 17.6. The molecule has 29 heavy (non-hydrogen) atoms. The minimum absolute atomic E-state index is 0.00816. The molecule has 1 aliphatic rings. The van der Waals surface area contributed by atoms with Crippen molar-refractivity contribution < 1.29 is 22.7 Å². The van der Waals surface area contributed by atoms with Gasteiger partial charge in [-0.3, -0.25) is 9.52 Å². The first kappa shape index (κ1) is 21.1. The van der Waals surface area contributed by atoms with Crippen LogP contribution in [0.15, 0.2) is 41.3 Å². The first-order valence-corrected chi connectivity index (χ1v) is 11.1. The summed E-state index contributed by atoms with van der Waals surface area (Å²) in [4.78, 5) is 25.6. The van der Waals surface area contributed by atoms with Gasteiger partial charge in [-0.05, 0) is 55.3 Å². The second kappa shape index (κ2) is 8.42. The van der Waals surface area contributed by atoms with Crippen LogP contribution in [0, 0.1) is 0 Å². The van der Waals surface area contributed by atoms with Crippen LogP contribution < -0.4 is 9.62 Å². The zero-order valence-electron chi connectivity index (χ0n) is 16.1. The lowest BCUT2D eigenvalue weighted by molar-refractivity contribution is -0.118. The molecule has 7 nitrogen and oxygen atoms in total. The lowest BCUT2D eigenvalue weighted by atomic mass is 10.2. The number of ether oxygens (including phenoxy) is 1. The topological polar surface area (TPSA) is 92.8 Å². The van der Waals surface area contributed by atoms with Crippen LogP contribution in [0.5, 0.6) is 0 Å². The molecule has 2 aromatic carbocycles. The molecule has 0 saturated carbocycles. The predicted molar refractivity (Wildman–Crippen MR) is 111 cm³/mol. The van der Waals surface area contributed by atoms with Crippen LogP contribution in [-0.2, 0) is 26.0 Å². The largest absolute Gasteiger partial charge is 0.462 e. The highest BCUT2D eigenvalue weighted by Crippen LogP contribution is 2.31. The molecule has 0 saturated heterocycles. The molecule has 0 aromatic heterocycles. The van der Waals surface area contributed by atoms with E-state index < -0.39 is 16.0 Å². The average molecular weight is 437 g/mol. The Bertz CT molecular complexity index is 1070. The molecular weight excluding hydrogens is 416 g/mol. The lowest BCUT2D eigenvalue weighted by Crippen LogP contribution is -2.27. The third-order valence-corrected chi connectivity index (χ3v) is 6.27. The van der Waals surface area contributed by atoms with E-state index in [1.165, 1.54) is 24.3 Å². The number of sulfonamides is 1. The molecule has 3 rings (SSSR count). The molecule has 1 amide bonds. The normalized spacial score (nSPS) is 13.1. The fourth-order valence-corrected chi connectivity index (χ4v) is 4.52. The van der Waals surface area contributed by atoms with E-state index in [9.17, 15) is 18.0 Å². The van der Waals surface area contributed by atoms with Crippen molar-refractivity contribution in [2.75, 3.05) is 22.8 Å². The number of carbonyl (C=O) groups excluding carboxylic acids is 2. The van der Waals surface area contributed by atoms with Gasteiger partial charge in [0.2, 0.25) is 5.91 Å². The van der Waals surface area contributed by atoms with E-state index in [4.69, 9.17) is 16.3 Å². The number of anilines is 2. The van der Waals surface area contributed by atoms with E-state index in [1.54, 1.807) is 30.9 Å². The fourth-order valence-electron chi connectivity index (χ4n) is 3.16. The van der Waals surface area contributed by atoms with E-state index in [0.29, 0.717) is 19.4 Å². The van der Waals surface area contributed by atoms with Crippen molar-refractivity contribution in [1.29, 1.82) is 0 Å². The van der Waals surface area contributed by atoms with Crippen LogP contribution in [0.25, 0.3) is 0 Å². The number of fused-ring (bicyclic) bond motifs is 1. The van der Waals surface area contributed by atoms with Crippen LogP contribution in [-0.4, -0.2) is 33.4 Å². The summed E-state index contributed by atoms with van der Waals surface area (Å²) in [5, 5.41) is 0.0892. The fraction of sp³-hybridized carbons (Fsp3) is 0.300. The number of hydrogen-bond acceptors (Lipinski definition) is 5. The monoisotopic (exact) mass is 436 g/mol. The summed E-state index contributed by atoms with van der Waals surface area (Å²) >= 11 is 6.10. The molecule has 0 bridgehead atoms. The summed E-state index contributed by atoms with van der Waals surface area (Å²) in [5.74, 6) is -0.564. The van der Waals surface area contributed by atoms with Gasteiger partial charge >= 0.3 is 5.97 Å². The maximum absolute atomic E-state index is 12.8. The number of benzene rings is 2. The second-order valence-corrected chi connectivity index (χ2v) is 8.55. The summed E-state index contributed by atoms with van der Waals surface area (Å²) in [7, 11) is -3.87. The van der Waals surface area contributed by atoms with Crippen LogP contribution in [0.4, 0.5) is 11.4 Å². The molecule has 0 radical (unpaired) electrons. The van der Waals surface area contributed by atoms with Gasteiger partial charge in [-0.25, -0.2) is 13.2 Å². The summed E-state index contributed by atoms with van der Waals surface area (Å²) in [5.41, 5.74) is 1.95. The standard InChI is InChI=1S/C20H21ClN2O5S/c1-3-19(24)23-10-9-13-11-15(6-8-18(13)23)29(26,27)22-14-5-7-16(17(21)12-14)20(25)28-4-2/h5-8,11-12,22H,3-4,9-10H2,1-2H3. The molecule has 154 valence electrons. The maximum Gasteiger partial charge on any atom is 0.339 e. The third-order valence-electron chi connectivity index (χ3n) is 4.58. The lowest BCUT2D eigenvalue weighted by Gasteiger charge is -2.16. The summed E-state index contributed by atoms with van der Waals surface area (Å²) in [6, 6.07) is 8.92. The van der Waals surface area contributed by atoms with Gasteiger partial charge in [-0.2, -0.15) is 0 Å². The SMILES string of the molecule is CCOC(=O)c1ccc(NS(=O)(=O)c2ccc3c(c2)CCN3C(=O)CC)cc1Cl. The summed E-state index contributed by atoms with van der Waals surface area (Å²) in [6.45, 7) is 4.23. The minimum Gasteiger partial charge on any atom is -0.462 e. The summed E-state index contributed by atoms with van der Waals surface area (Å²) < 4.78 is 32.9. The minimum atomic E-state index is -3.87. The van der Waals surface area contributed by atoms with Crippen LogP contribution in [0.2, 0.25) is 5.02 Å². The number of carbonyl (C=O) groups is 2. The molecule has 9 heteroatoms. The molecule has 0 spiro atoms. The third kappa shape index (κ3) is 4.38. The number of esters is 1. The van der Waals surface area contributed by atoms with Gasteiger partial charge in [0.05, 0.1) is 27.8 Å². The average Bonchev–Trinajstić information content (AvgIpc) is 3.10. The summed E-state index contributed by atoms with van der Waals surface area (Å²) in [6.07, 6.45) is 0.994. The molecule has 2 aromatic rings. The molecule has 0 unspecified atom stereocenters. The molecule has 0 atom stereocenters. The van der Waals surface area contributed by atoms with E-state index in [1.807, 2.05) is 0 Å². The first-order chi connectivity index (χ1) is 13.8. The molecule has 1 aliphatic heterocycles. The van der Waals surface area contributed by atoms with Gasteiger partial charge < -0.3 is 9.64 Å². The number of halogens is 1. The van der Waals surface area contributed by atoms with Crippen molar-refractivity contribution >= 4 is 44.9 Å². The van der Waals surface area contributed by atoms with Gasteiger partial charge in [0.15, 0.2) is 0 Å². The number of hydrogen-bond donors (Lipinski definition) is 1. The van der Waals surface area contributed by atoms with Crippen LogP contribution in [0.1, 0.15) is 36.2 Å². The van der Waals surface area contributed by atoms with Crippen LogP contribution >= 0.6 is 11.6 Å². The van der Waals surface area contributed by atoms with E-state index in [2.05, 4.69) is 4.72 Å². The van der Waals surface area contributed by atoms with Crippen molar-refractivity contribution in [3.05, 3.63) is 52.5 Å². The molecule has 1 N–H and O–H groups in total. The zero-order chi connectivity index (χ0) is 21.2. The van der Waals surface area contributed by atoms with Gasteiger partial charge in [-0.1, -0.05) is 18.5 Å². The Hall–Kier alpha value is -2.58. The molecular formula is C20H21ClN2O5S. The Labute approximate surface area is 174 Å². The first-order valence-electron chi connectivity index (χ1n) is 9.19. The van der Waals surface area contributed by atoms with E-state index >= 15 is 0 Å². The number of amides is 1. The second-order valence-electron chi connectivity index (χ2n) is 6.46.